The fourth-order valence-corrected chi connectivity index (χ4v) is 3.79. The summed E-state index contributed by atoms with van der Waals surface area (Å²) in [6.07, 6.45) is 0. The molecule has 0 aliphatic rings. The number of methoxy groups -OCH3 is 1. The molecule has 0 heterocycles. The van der Waals surface area contributed by atoms with Crippen LogP contribution in [0.3, 0.4) is 0 Å². The molecule has 0 saturated carbocycles. The third-order valence-corrected chi connectivity index (χ3v) is 10.8. The van der Waals surface area contributed by atoms with Gasteiger partial charge in [0.2, 0.25) is 0 Å². The summed E-state index contributed by atoms with van der Waals surface area (Å²) in [4.78, 5) is 10.9. The lowest BCUT2D eigenvalue weighted by atomic mass is 10.2. The molecular weight excluding hydrogens is 584 g/mol. The van der Waals surface area contributed by atoms with E-state index < -0.39 is 14.3 Å². The van der Waals surface area contributed by atoms with Crippen molar-refractivity contribution in [2.75, 3.05) is 146 Å². The van der Waals surface area contributed by atoms with Crippen molar-refractivity contribution in [2.45, 2.75) is 38.9 Å². The van der Waals surface area contributed by atoms with Gasteiger partial charge in [-0.25, -0.2) is 4.79 Å². The summed E-state index contributed by atoms with van der Waals surface area (Å²) >= 11 is 0. The molecule has 0 N–H and O–H groups in total. The molecule has 43 heavy (non-hydrogen) atoms. The van der Waals surface area contributed by atoms with Crippen LogP contribution < -0.4 is 0 Å². The van der Waals surface area contributed by atoms with Crippen LogP contribution in [0.15, 0.2) is 0 Å². The highest BCUT2D eigenvalue weighted by Gasteiger charge is 2.36. The predicted molar refractivity (Wildman–Crippen MR) is 163 cm³/mol. The molecule has 0 saturated heterocycles. The van der Waals surface area contributed by atoms with Crippen molar-refractivity contribution in [3.8, 4) is 0 Å². The normalized spacial score (nSPS) is 12.2. The van der Waals surface area contributed by atoms with Crippen molar-refractivity contribution in [1.82, 2.24) is 0 Å². The first-order valence-electron chi connectivity index (χ1n) is 15.2. The minimum Gasteiger partial charge on any atom is -0.467 e. The maximum atomic E-state index is 10.9. The van der Waals surface area contributed by atoms with Gasteiger partial charge in [0.25, 0.3) is 0 Å². The Hall–Kier alpha value is -0.753. The third kappa shape index (κ3) is 29.7. The first-order valence-corrected chi connectivity index (χ1v) is 18.1. The Morgan fingerprint density at radius 2 is 0.674 bits per heavy atom. The molecule has 0 amide bonds. The van der Waals surface area contributed by atoms with Crippen LogP contribution in [0.25, 0.3) is 0 Å². The average molecular weight is 645 g/mol. The van der Waals surface area contributed by atoms with Crippen LogP contribution in [0.4, 0.5) is 0 Å². The SMILES string of the molecule is COC(=O)COCCOCCOCCOCCOCCOCCOCCOCCOCCOCCO[Si](C)(C)C(C)(C)C. The Bertz CT molecular complexity index is 605. The van der Waals surface area contributed by atoms with Crippen molar-refractivity contribution in [1.29, 1.82) is 0 Å². The highest BCUT2D eigenvalue weighted by Crippen LogP contribution is 2.36. The van der Waals surface area contributed by atoms with Crippen molar-refractivity contribution in [2.24, 2.45) is 0 Å². The summed E-state index contributed by atoms with van der Waals surface area (Å²) in [5, 5.41) is 0.215. The highest BCUT2D eigenvalue weighted by molar-refractivity contribution is 6.74. The van der Waals surface area contributed by atoms with Gasteiger partial charge in [-0.2, -0.15) is 0 Å². The quantitative estimate of drug-likeness (QED) is 0.0590. The molecule has 13 nitrogen and oxygen atoms in total. The summed E-state index contributed by atoms with van der Waals surface area (Å²) in [5.74, 6) is -0.406. The maximum Gasteiger partial charge on any atom is 0.331 e. The number of ether oxygens (including phenoxy) is 11. The van der Waals surface area contributed by atoms with Gasteiger partial charge < -0.3 is 56.5 Å². The number of hydrogen-bond donors (Lipinski definition) is 0. The van der Waals surface area contributed by atoms with E-state index in [4.69, 9.17) is 51.8 Å². The Morgan fingerprint density at radius 1 is 0.442 bits per heavy atom. The molecule has 0 aromatic rings. The molecular formula is C29H60O13Si. The van der Waals surface area contributed by atoms with E-state index in [0.29, 0.717) is 132 Å². The summed E-state index contributed by atoms with van der Waals surface area (Å²) in [6, 6.07) is 0. The standard InChI is InChI=1S/C29H60O13Si/c1-29(2,3)43(5,6)42-26-25-40-22-21-38-18-17-36-14-13-34-10-9-32-7-8-33-11-12-35-15-16-37-19-20-39-23-24-41-27-28(30)31-4/h7-27H2,1-6H3. The van der Waals surface area contributed by atoms with Gasteiger partial charge >= 0.3 is 5.97 Å². The fourth-order valence-electron chi connectivity index (χ4n) is 2.77. The zero-order valence-corrected chi connectivity index (χ0v) is 28.7. The second-order valence-corrected chi connectivity index (χ2v) is 15.6. The first-order chi connectivity index (χ1) is 20.7. The molecule has 0 spiro atoms. The Balaban J connectivity index is 3.14. The molecule has 0 rings (SSSR count). The lowest BCUT2D eigenvalue weighted by Gasteiger charge is -2.36. The smallest absolute Gasteiger partial charge is 0.331 e. The molecule has 0 unspecified atom stereocenters. The molecule has 0 bridgehead atoms. The maximum absolute atomic E-state index is 10.9. The monoisotopic (exact) mass is 644 g/mol. The van der Waals surface area contributed by atoms with E-state index in [2.05, 4.69) is 38.6 Å². The highest BCUT2D eigenvalue weighted by atomic mass is 28.4. The second kappa shape index (κ2) is 29.9. The molecule has 0 aromatic heterocycles. The Morgan fingerprint density at radius 3 is 0.907 bits per heavy atom. The van der Waals surface area contributed by atoms with Crippen LogP contribution in [0, 0.1) is 0 Å². The van der Waals surface area contributed by atoms with Crippen LogP contribution in [-0.4, -0.2) is 160 Å². The van der Waals surface area contributed by atoms with Gasteiger partial charge in [0.05, 0.1) is 139 Å². The molecule has 0 atom stereocenters. The van der Waals surface area contributed by atoms with Crippen molar-refractivity contribution < 1.29 is 61.3 Å². The first kappa shape index (κ1) is 42.2. The molecule has 0 aromatic carbocycles. The van der Waals surface area contributed by atoms with Crippen LogP contribution in [0.2, 0.25) is 18.1 Å². The summed E-state index contributed by atoms with van der Waals surface area (Å²) in [6.45, 7) is 21.1. The Labute approximate surface area is 260 Å². The molecule has 0 aliphatic carbocycles. The van der Waals surface area contributed by atoms with Crippen LogP contribution in [0.5, 0.6) is 0 Å². The molecule has 0 aliphatic heterocycles. The van der Waals surface area contributed by atoms with Gasteiger partial charge in [-0.3, -0.25) is 0 Å². The average Bonchev–Trinajstić information content (AvgIpc) is 2.96. The molecule has 0 radical (unpaired) electrons. The van der Waals surface area contributed by atoms with Crippen molar-refractivity contribution >= 4 is 14.3 Å². The number of carbonyl (C=O) groups is 1. The number of rotatable bonds is 33. The van der Waals surface area contributed by atoms with Gasteiger partial charge in [0.1, 0.15) is 6.61 Å². The van der Waals surface area contributed by atoms with Crippen LogP contribution in [0.1, 0.15) is 20.8 Å². The van der Waals surface area contributed by atoms with E-state index in [-0.39, 0.29) is 11.6 Å². The van der Waals surface area contributed by atoms with E-state index in [9.17, 15) is 4.79 Å². The Kier molecular flexibility index (Phi) is 29.4. The lowest BCUT2D eigenvalue weighted by molar-refractivity contribution is -0.146. The molecule has 14 heteroatoms. The summed E-state index contributed by atoms with van der Waals surface area (Å²) in [5.41, 5.74) is 0. The third-order valence-electron chi connectivity index (χ3n) is 6.29. The topological polar surface area (TPSA) is 128 Å². The summed E-state index contributed by atoms with van der Waals surface area (Å²) < 4.78 is 64.7. The van der Waals surface area contributed by atoms with Gasteiger partial charge in [-0.1, -0.05) is 20.8 Å². The van der Waals surface area contributed by atoms with Crippen LogP contribution in [-0.2, 0) is 61.3 Å². The van der Waals surface area contributed by atoms with Gasteiger partial charge in [-0.05, 0) is 18.1 Å². The van der Waals surface area contributed by atoms with Crippen molar-refractivity contribution in [3.63, 3.8) is 0 Å². The summed E-state index contributed by atoms with van der Waals surface area (Å²) in [7, 11) is -0.382. The number of esters is 1. The minimum atomic E-state index is -1.70. The fraction of sp³-hybridized carbons (Fsp3) is 0.966. The van der Waals surface area contributed by atoms with E-state index in [1.165, 1.54) is 7.11 Å². The predicted octanol–water partition coefficient (Wildman–Crippen LogP) is 2.35. The van der Waals surface area contributed by atoms with Gasteiger partial charge in [-0.15, -0.1) is 0 Å². The van der Waals surface area contributed by atoms with Gasteiger partial charge in [0.15, 0.2) is 8.32 Å². The second-order valence-electron chi connectivity index (χ2n) is 10.7. The number of hydrogen-bond acceptors (Lipinski definition) is 13. The van der Waals surface area contributed by atoms with E-state index >= 15 is 0 Å². The van der Waals surface area contributed by atoms with E-state index in [0.717, 1.165) is 0 Å². The zero-order chi connectivity index (χ0) is 31.9. The molecule has 0 fully saturated rings. The van der Waals surface area contributed by atoms with E-state index in [1.807, 2.05) is 0 Å². The minimum absolute atomic E-state index is 0.0684. The number of carbonyl (C=O) groups excluding carboxylic acids is 1. The zero-order valence-electron chi connectivity index (χ0n) is 27.7. The van der Waals surface area contributed by atoms with Crippen molar-refractivity contribution in [3.05, 3.63) is 0 Å². The largest absolute Gasteiger partial charge is 0.467 e. The van der Waals surface area contributed by atoms with Crippen LogP contribution >= 0.6 is 0 Å². The van der Waals surface area contributed by atoms with E-state index in [1.54, 1.807) is 0 Å². The molecule has 258 valence electrons. The van der Waals surface area contributed by atoms with Gasteiger partial charge in [0, 0.05) is 0 Å². The lowest BCUT2D eigenvalue weighted by Crippen LogP contribution is -2.41.